The number of nitrogens with two attached hydrogens (primary N) is 1. The monoisotopic (exact) mass is 1050 g/mol. The maximum absolute atomic E-state index is 12.7. The van der Waals surface area contributed by atoms with Gasteiger partial charge in [0.15, 0.2) is 17.7 Å². The van der Waals surface area contributed by atoms with E-state index in [-0.39, 0.29) is 54.2 Å². The van der Waals surface area contributed by atoms with E-state index < -0.39 is 84.6 Å². The second-order valence-corrected chi connectivity index (χ2v) is 21.1. The van der Waals surface area contributed by atoms with Gasteiger partial charge in [0.25, 0.3) is 0 Å². The molecule has 354 valence electrons. The molecule has 26 nitrogen and oxygen atoms in total. The van der Waals surface area contributed by atoms with Crippen LogP contribution in [0.2, 0.25) is 0 Å². The van der Waals surface area contributed by atoms with Gasteiger partial charge in [0.05, 0.1) is 31.3 Å². The molecule has 4 heterocycles. The fraction of sp³-hybridized carbons (Fsp3) is 0.545. The van der Waals surface area contributed by atoms with E-state index in [0.717, 1.165) is 32.9 Å². The zero-order valence-corrected chi connectivity index (χ0v) is 39.0. The average Bonchev–Trinajstić information content (AvgIpc) is 3.90. The lowest BCUT2D eigenvalue weighted by atomic mass is 9.87. The number of aliphatic hydroxyl groups excluding tert-OH is 2. The number of thioether (sulfide) groups is 1. The molecule has 3 aliphatic rings. The average molecular weight is 1050 g/mol. The van der Waals surface area contributed by atoms with E-state index in [9.17, 15) is 57.9 Å². The fourth-order valence-electron chi connectivity index (χ4n) is 6.19. The quantitative estimate of drug-likeness (QED) is 0.0497. The zero-order valence-electron chi connectivity index (χ0n) is 33.9. The van der Waals surface area contributed by atoms with Gasteiger partial charge < -0.3 is 56.2 Å². The first-order chi connectivity index (χ1) is 29.9. The van der Waals surface area contributed by atoms with Crippen molar-refractivity contribution in [1.82, 2.24) is 35.5 Å². The number of carbonyl (C=O) groups is 3. The summed E-state index contributed by atoms with van der Waals surface area (Å²) < 4.78 is 63.3. The molecule has 8 unspecified atom stereocenters. The first-order valence-corrected chi connectivity index (χ1v) is 25.5. The van der Waals surface area contributed by atoms with Gasteiger partial charge >= 0.3 is 23.5 Å². The van der Waals surface area contributed by atoms with Crippen molar-refractivity contribution in [2.24, 2.45) is 10.4 Å². The van der Waals surface area contributed by atoms with Crippen molar-refractivity contribution in [2.45, 2.75) is 63.4 Å². The molecule has 1 aliphatic carbocycles. The molecule has 8 atom stereocenters. The summed E-state index contributed by atoms with van der Waals surface area (Å²) in [6.45, 7) is 0.980. The minimum absolute atomic E-state index is 0.0107. The summed E-state index contributed by atoms with van der Waals surface area (Å²) in [5.74, 6) is -0.969. The number of ether oxygens (including phenoxy) is 1. The van der Waals surface area contributed by atoms with E-state index in [2.05, 4.69) is 60.7 Å². The number of rotatable bonds is 24. The maximum Gasteiger partial charge on any atom is 0.481 e. The summed E-state index contributed by atoms with van der Waals surface area (Å²) in [6.07, 6.45) is 1.48. The second kappa shape index (κ2) is 22.0. The van der Waals surface area contributed by atoms with E-state index in [4.69, 9.17) is 19.5 Å². The van der Waals surface area contributed by atoms with Crippen LogP contribution in [0.1, 0.15) is 32.9 Å². The number of allylic oxidation sites excluding steroid dienone is 2. The highest BCUT2D eigenvalue weighted by Crippen LogP contribution is 2.61. The third kappa shape index (κ3) is 14.6. The number of fused-ring (bicyclic) bond motifs is 2. The number of phosphoric acid groups is 3. The molecule has 2 aromatic heterocycles. The Kier molecular flexibility index (Phi) is 17.8. The van der Waals surface area contributed by atoms with Crippen molar-refractivity contribution in [3.8, 4) is 0 Å². The van der Waals surface area contributed by atoms with E-state index in [0.29, 0.717) is 18.7 Å². The van der Waals surface area contributed by atoms with Gasteiger partial charge in [0.2, 0.25) is 17.7 Å². The van der Waals surface area contributed by atoms with Gasteiger partial charge in [-0.25, -0.2) is 28.6 Å². The number of halogens is 1. The highest BCUT2D eigenvalue weighted by molar-refractivity contribution is 9.11. The fourth-order valence-corrected chi connectivity index (χ4v) is 10.1. The van der Waals surface area contributed by atoms with Gasteiger partial charge in [0.1, 0.15) is 36.3 Å². The standard InChI is InChI=1S/C33H47BrN9O17P3S/c1-33(2,28(47)31(48)38-8-6-23(44)37-9-10-64-14-24(45)36-7-5-18-12-39-21-4-3-19(34)11-20(18)21)15-57-63(54,55)60-62(52,53)56-13-22-27(59-61(49,50)51)26(46)32(58-22)43-17-42-25-29(35)40-16-41-30(25)43/h3-4,11-12,16-17,21-22,26-28,32,46-47H,5-10,13-15H2,1-2H3,(H,36,45)(H,37,44)(H,38,48)(H,52,53)(H,54,55)(H2,35,40,41)(H2,49,50,51). The molecule has 0 bridgehead atoms. The van der Waals surface area contributed by atoms with Crippen LogP contribution in [0.3, 0.4) is 0 Å². The summed E-state index contributed by atoms with van der Waals surface area (Å²) in [6, 6.07) is 0.0107. The van der Waals surface area contributed by atoms with Gasteiger partial charge in [-0.05, 0) is 29.7 Å². The topological polar surface area (TPSA) is 388 Å². The Balaban J connectivity index is 0.983. The van der Waals surface area contributed by atoms with Crippen LogP contribution < -0.4 is 21.7 Å². The molecule has 3 amide bonds. The molecule has 0 saturated carbocycles. The van der Waals surface area contributed by atoms with Gasteiger partial charge in [-0.3, -0.25) is 37.5 Å². The lowest BCUT2D eigenvalue weighted by Crippen LogP contribution is -2.46. The third-order valence-corrected chi connectivity index (χ3v) is 14.0. The number of nitrogens with one attached hydrogen (secondary N) is 3. The smallest absolute Gasteiger partial charge is 0.386 e. The maximum atomic E-state index is 12.7. The number of carbonyl (C=O) groups excluding carboxylic acids is 3. The van der Waals surface area contributed by atoms with Crippen LogP contribution in [0.15, 0.2) is 51.5 Å². The zero-order chi connectivity index (χ0) is 47.0. The Labute approximate surface area is 377 Å². The lowest BCUT2D eigenvalue weighted by molar-refractivity contribution is -0.137. The Hall–Kier alpha value is -3.27. The number of anilines is 1. The summed E-state index contributed by atoms with van der Waals surface area (Å²) in [5.41, 5.74) is 6.42. The predicted octanol–water partition coefficient (Wildman–Crippen LogP) is 0.243. The SMILES string of the molecule is CC(C)(COP(=O)(O)OP(=O)(O)OCC1OC(n2cnc3c(N)ncnc32)C(O)C1OP(=O)(O)O)C(O)C(=O)NCCC(=O)NCCSCC(=O)NCCC1=C2C=C(Br)C=CC2N=C1. The molecule has 64 heavy (non-hydrogen) atoms. The number of aliphatic imine (C=N–C) groups is 1. The van der Waals surface area contributed by atoms with E-state index in [1.54, 1.807) is 0 Å². The molecule has 0 aromatic carbocycles. The normalized spacial score (nSPS) is 23.3. The Morgan fingerprint density at radius 3 is 2.48 bits per heavy atom. The molecule has 1 fully saturated rings. The summed E-state index contributed by atoms with van der Waals surface area (Å²) in [4.78, 5) is 92.7. The Morgan fingerprint density at radius 2 is 1.75 bits per heavy atom. The van der Waals surface area contributed by atoms with Crippen molar-refractivity contribution < 1.29 is 80.5 Å². The number of aromatic nitrogens is 4. The second-order valence-electron chi connectivity index (χ2n) is 14.8. The van der Waals surface area contributed by atoms with Crippen LogP contribution in [0.25, 0.3) is 11.2 Å². The Bertz CT molecular complexity index is 2330. The van der Waals surface area contributed by atoms with Gasteiger partial charge in [-0.2, -0.15) is 16.1 Å². The van der Waals surface area contributed by atoms with Crippen molar-refractivity contribution in [1.29, 1.82) is 0 Å². The number of imidazole rings is 1. The van der Waals surface area contributed by atoms with Crippen molar-refractivity contribution in [3.63, 3.8) is 0 Å². The molecule has 2 aromatic rings. The van der Waals surface area contributed by atoms with E-state index in [1.807, 2.05) is 24.4 Å². The molecular weight excluding hydrogens is 999 g/mol. The van der Waals surface area contributed by atoms with Crippen LogP contribution in [0.4, 0.5) is 5.82 Å². The summed E-state index contributed by atoms with van der Waals surface area (Å²) in [5, 5.41) is 29.4. The van der Waals surface area contributed by atoms with Crippen LogP contribution in [0, 0.1) is 5.41 Å². The number of nitrogens with zero attached hydrogens (tertiary/aromatic N) is 5. The van der Waals surface area contributed by atoms with Crippen LogP contribution in [-0.4, -0.2) is 148 Å². The number of aliphatic hydroxyl groups is 2. The molecule has 5 rings (SSSR count). The van der Waals surface area contributed by atoms with E-state index in [1.165, 1.54) is 25.6 Å². The molecule has 2 aliphatic heterocycles. The molecular formula is C33H47BrN9O17P3S. The number of hydrogen-bond acceptors (Lipinski definition) is 19. The van der Waals surface area contributed by atoms with Gasteiger partial charge in [-0.1, -0.05) is 35.9 Å². The van der Waals surface area contributed by atoms with Gasteiger partial charge in [-0.15, -0.1) is 0 Å². The first-order valence-electron chi connectivity index (χ1n) is 19.0. The van der Waals surface area contributed by atoms with Gasteiger partial charge in [0, 0.05) is 47.9 Å². The molecule has 0 radical (unpaired) electrons. The highest BCUT2D eigenvalue weighted by Gasteiger charge is 2.50. The molecule has 31 heteroatoms. The minimum Gasteiger partial charge on any atom is -0.386 e. The summed E-state index contributed by atoms with van der Waals surface area (Å²) in [7, 11) is -16.4. The molecule has 1 saturated heterocycles. The van der Waals surface area contributed by atoms with Crippen LogP contribution in [0.5, 0.6) is 0 Å². The van der Waals surface area contributed by atoms with Crippen molar-refractivity contribution in [3.05, 3.63) is 46.5 Å². The number of amides is 3. The molecule has 0 spiro atoms. The third-order valence-electron chi connectivity index (χ3n) is 9.41. The lowest BCUT2D eigenvalue weighted by Gasteiger charge is -2.30. The van der Waals surface area contributed by atoms with E-state index >= 15 is 0 Å². The number of phosphoric ester groups is 3. The summed E-state index contributed by atoms with van der Waals surface area (Å²) >= 11 is 4.78. The highest BCUT2D eigenvalue weighted by atomic mass is 79.9. The number of hydrogen-bond donors (Lipinski definition) is 10. The minimum atomic E-state index is -5.58. The largest absolute Gasteiger partial charge is 0.481 e. The first kappa shape index (κ1) is 51.7. The predicted molar refractivity (Wildman–Crippen MR) is 230 cm³/mol. The van der Waals surface area contributed by atoms with Crippen LogP contribution in [-0.2, 0) is 50.7 Å². The van der Waals surface area contributed by atoms with Crippen LogP contribution >= 0.6 is 51.2 Å². The Morgan fingerprint density at radius 1 is 1.03 bits per heavy atom. The molecule has 11 N–H and O–H groups in total. The van der Waals surface area contributed by atoms with Crippen molar-refractivity contribution in [2.75, 3.05) is 50.1 Å². The van der Waals surface area contributed by atoms with Crippen molar-refractivity contribution >= 4 is 92.1 Å². The number of nitrogen functional groups attached to an aromatic ring is 1.